The van der Waals surface area contributed by atoms with E-state index in [1.807, 2.05) is 6.07 Å². The van der Waals surface area contributed by atoms with Crippen LogP contribution in [0.2, 0.25) is 0 Å². The predicted molar refractivity (Wildman–Crippen MR) is 60.6 cm³/mol. The lowest BCUT2D eigenvalue weighted by atomic mass is 10.1. The van der Waals surface area contributed by atoms with Gasteiger partial charge in [0, 0.05) is 5.39 Å². The van der Waals surface area contributed by atoms with Gasteiger partial charge in [0.25, 0.3) is 5.56 Å². The zero-order chi connectivity index (χ0) is 11.3. The first-order chi connectivity index (χ1) is 7.68. The predicted octanol–water partition coefficient (Wildman–Crippen LogP) is 1.42. The Morgan fingerprint density at radius 3 is 3.00 bits per heavy atom. The molecular weight excluding hydrogens is 206 g/mol. The summed E-state index contributed by atoms with van der Waals surface area (Å²) in [6.45, 7) is 1.59. The van der Waals surface area contributed by atoms with Crippen LogP contribution in [0.25, 0.3) is 21.9 Å². The second-order valence-corrected chi connectivity index (χ2v) is 3.71. The number of aromatic nitrogens is 3. The van der Waals surface area contributed by atoms with Gasteiger partial charge in [-0.2, -0.15) is 0 Å². The third-order valence-electron chi connectivity index (χ3n) is 2.78. The molecule has 3 aromatic rings. The summed E-state index contributed by atoms with van der Waals surface area (Å²) in [5.41, 5.74) is 2.08. The molecule has 3 N–H and O–H groups in total. The molecule has 0 amide bonds. The number of benzene rings is 1. The third kappa shape index (κ3) is 0.995. The quantitative estimate of drug-likeness (QED) is 0.530. The molecule has 0 aliphatic heterocycles. The number of pyridine rings is 1. The molecule has 0 fully saturated rings. The summed E-state index contributed by atoms with van der Waals surface area (Å²) in [5, 5.41) is 10.5. The maximum Gasteiger partial charge on any atom is 0.255 e. The molecule has 5 heteroatoms. The van der Waals surface area contributed by atoms with Crippen molar-refractivity contribution in [2.45, 2.75) is 6.92 Å². The number of fused-ring (bicyclic) bond motifs is 3. The molecule has 1 aromatic carbocycles. The number of hydrogen-bond acceptors (Lipinski definition) is 3. The van der Waals surface area contributed by atoms with Crippen molar-refractivity contribution >= 4 is 21.9 Å². The molecule has 0 aliphatic rings. The number of aromatic hydroxyl groups is 1. The van der Waals surface area contributed by atoms with E-state index in [9.17, 15) is 9.90 Å². The topological polar surface area (TPSA) is 81.8 Å². The van der Waals surface area contributed by atoms with E-state index in [4.69, 9.17) is 0 Å². The smallest absolute Gasteiger partial charge is 0.255 e. The molecule has 16 heavy (non-hydrogen) atoms. The van der Waals surface area contributed by atoms with E-state index in [1.54, 1.807) is 19.3 Å². The van der Waals surface area contributed by atoms with Crippen molar-refractivity contribution in [3.63, 3.8) is 0 Å². The highest BCUT2D eigenvalue weighted by molar-refractivity contribution is 6.03. The highest BCUT2D eigenvalue weighted by Gasteiger charge is 2.11. The molecule has 0 bridgehead atoms. The van der Waals surface area contributed by atoms with Gasteiger partial charge in [-0.15, -0.1) is 0 Å². The number of hydrogen-bond donors (Lipinski definition) is 3. The minimum Gasteiger partial charge on any atom is -0.507 e. The average molecular weight is 215 g/mol. The summed E-state index contributed by atoms with van der Waals surface area (Å²) >= 11 is 0. The molecular formula is C11H9N3O2. The standard InChI is InChI=1S/C11H9N3O2/c1-5-10(15)6-2-3-7-9(13-4-12-7)8(6)14-11(5)16/h2-4H,1H3,(H,12,13)(H2,14,15,16). The van der Waals surface area contributed by atoms with E-state index < -0.39 is 0 Å². The molecule has 0 aliphatic carbocycles. The highest BCUT2D eigenvalue weighted by Crippen LogP contribution is 2.28. The maximum atomic E-state index is 11.6. The SMILES string of the molecule is Cc1c(O)c2ccc3[nH]cnc3c2[nH]c1=O. The van der Waals surface area contributed by atoms with Crippen LogP contribution in [0.3, 0.4) is 0 Å². The summed E-state index contributed by atoms with van der Waals surface area (Å²) < 4.78 is 0. The van der Waals surface area contributed by atoms with E-state index in [-0.39, 0.29) is 11.3 Å². The fraction of sp³-hybridized carbons (Fsp3) is 0.0909. The van der Waals surface area contributed by atoms with Crippen molar-refractivity contribution in [1.29, 1.82) is 0 Å². The highest BCUT2D eigenvalue weighted by atomic mass is 16.3. The van der Waals surface area contributed by atoms with Crippen molar-refractivity contribution in [3.8, 4) is 5.75 Å². The molecule has 3 rings (SSSR count). The molecule has 2 heterocycles. The second-order valence-electron chi connectivity index (χ2n) is 3.71. The summed E-state index contributed by atoms with van der Waals surface area (Å²) in [5.74, 6) is 0.0173. The minimum absolute atomic E-state index is 0.0173. The average Bonchev–Trinajstić information content (AvgIpc) is 2.74. The minimum atomic E-state index is -0.291. The Morgan fingerprint density at radius 2 is 2.19 bits per heavy atom. The second kappa shape index (κ2) is 2.85. The molecule has 0 atom stereocenters. The van der Waals surface area contributed by atoms with Crippen LogP contribution in [0.4, 0.5) is 0 Å². The Balaban J connectivity index is 2.66. The first-order valence-corrected chi connectivity index (χ1v) is 4.86. The van der Waals surface area contributed by atoms with E-state index in [0.717, 1.165) is 5.52 Å². The molecule has 5 nitrogen and oxygen atoms in total. The van der Waals surface area contributed by atoms with Gasteiger partial charge in [-0.1, -0.05) is 0 Å². The van der Waals surface area contributed by atoms with Gasteiger partial charge in [0.2, 0.25) is 0 Å². The van der Waals surface area contributed by atoms with Crippen molar-refractivity contribution in [3.05, 3.63) is 34.4 Å². The van der Waals surface area contributed by atoms with Crippen LogP contribution in [0.5, 0.6) is 5.75 Å². The first-order valence-electron chi connectivity index (χ1n) is 4.86. The van der Waals surface area contributed by atoms with Crippen molar-refractivity contribution in [2.24, 2.45) is 0 Å². The van der Waals surface area contributed by atoms with Crippen molar-refractivity contribution < 1.29 is 5.11 Å². The summed E-state index contributed by atoms with van der Waals surface area (Å²) in [7, 11) is 0. The van der Waals surface area contributed by atoms with E-state index >= 15 is 0 Å². The lowest BCUT2D eigenvalue weighted by molar-refractivity contribution is 0.476. The maximum absolute atomic E-state index is 11.6. The number of rotatable bonds is 0. The Morgan fingerprint density at radius 1 is 1.38 bits per heavy atom. The molecule has 0 spiro atoms. The Labute approximate surface area is 89.8 Å². The van der Waals surface area contributed by atoms with Crippen LogP contribution in [0, 0.1) is 6.92 Å². The Kier molecular flexibility index (Phi) is 1.60. The zero-order valence-corrected chi connectivity index (χ0v) is 8.53. The van der Waals surface area contributed by atoms with Crippen LogP contribution in [-0.4, -0.2) is 20.1 Å². The monoisotopic (exact) mass is 215 g/mol. The summed E-state index contributed by atoms with van der Waals surface area (Å²) in [4.78, 5) is 21.4. The first kappa shape index (κ1) is 8.96. The number of nitrogens with zero attached hydrogens (tertiary/aromatic N) is 1. The van der Waals surface area contributed by atoms with Crippen LogP contribution in [-0.2, 0) is 0 Å². The zero-order valence-electron chi connectivity index (χ0n) is 8.53. The van der Waals surface area contributed by atoms with Crippen LogP contribution >= 0.6 is 0 Å². The lowest BCUT2D eigenvalue weighted by Crippen LogP contribution is -2.09. The van der Waals surface area contributed by atoms with Crippen LogP contribution in [0.15, 0.2) is 23.3 Å². The van der Waals surface area contributed by atoms with E-state index in [2.05, 4.69) is 15.0 Å². The largest absolute Gasteiger partial charge is 0.507 e. The van der Waals surface area contributed by atoms with E-state index in [0.29, 0.717) is 22.0 Å². The van der Waals surface area contributed by atoms with E-state index in [1.165, 1.54) is 0 Å². The lowest BCUT2D eigenvalue weighted by Gasteiger charge is -2.03. The van der Waals surface area contributed by atoms with Gasteiger partial charge in [0.1, 0.15) is 11.3 Å². The van der Waals surface area contributed by atoms with Crippen LogP contribution in [0.1, 0.15) is 5.56 Å². The fourth-order valence-electron chi connectivity index (χ4n) is 1.85. The van der Waals surface area contributed by atoms with Gasteiger partial charge in [-0.3, -0.25) is 4.79 Å². The number of aromatic amines is 2. The molecule has 0 saturated carbocycles. The molecule has 0 saturated heterocycles. The van der Waals surface area contributed by atoms with Gasteiger partial charge in [-0.05, 0) is 19.1 Å². The molecule has 80 valence electrons. The van der Waals surface area contributed by atoms with Gasteiger partial charge >= 0.3 is 0 Å². The van der Waals surface area contributed by atoms with Crippen molar-refractivity contribution in [1.82, 2.24) is 15.0 Å². The van der Waals surface area contributed by atoms with Gasteiger partial charge < -0.3 is 15.1 Å². The van der Waals surface area contributed by atoms with Gasteiger partial charge in [0.15, 0.2) is 0 Å². The number of H-pyrrole nitrogens is 2. The third-order valence-corrected chi connectivity index (χ3v) is 2.78. The Hall–Kier alpha value is -2.30. The Bertz CT molecular complexity index is 755. The van der Waals surface area contributed by atoms with Gasteiger partial charge in [0.05, 0.1) is 22.9 Å². The number of imidazole rings is 1. The van der Waals surface area contributed by atoms with Gasteiger partial charge in [-0.25, -0.2) is 4.98 Å². The molecule has 2 aromatic heterocycles. The van der Waals surface area contributed by atoms with Crippen molar-refractivity contribution in [2.75, 3.05) is 0 Å². The summed E-state index contributed by atoms with van der Waals surface area (Å²) in [6, 6.07) is 3.58. The number of nitrogens with one attached hydrogen (secondary N) is 2. The van der Waals surface area contributed by atoms with Crippen LogP contribution < -0.4 is 5.56 Å². The fourth-order valence-corrected chi connectivity index (χ4v) is 1.85. The molecule has 0 unspecified atom stereocenters. The normalized spacial score (nSPS) is 11.3. The summed E-state index contributed by atoms with van der Waals surface area (Å²) in [6.07, 6.45) is 1.55. The molecule has 0 radical (unpaired) electrons.